The van der Waals surface area contributed by atoms with Gasteiger partial charge in [-0.2, -0.15) is 0 Å². The number of rotatable bonds is 10. The van der Waals surface area contributed by atoms with E-state index in [0.29, 0.717) is 32.9 Å². The highest BCUT2D eigenvalue weighted by molar-refractivity contribution is 5.14. The van der Waals surface area contributed by atoms with E-state index in [9.17, 15) is 5.11 Å². The molecule has 0 aromatic heterocycles. The molecule has 1 unspecified atom stereocenters. The fourth-order valence-corrected chi connectivity index (χ4v) is 3.72. The monoisotopic (exact) mass is 409 g/mol. The van der Waals surface area contributed by atoms with Crippen LogP contribution in [0.25, 0.3) is 0 Å². The first-order valence-corrected chi connectivity index (χ1v) is 10.4. The Kier molecular flexibility index (Phi) is 7.67. The first-order valence-electron chi connectivity index (χ1n) is 10.4. The molecule has 2 aliphatic rings. The van der Waals surface area contributed by atoms with Gasteiger partial charge < -0.3 is 28.8 Å². The van der Waals surface area contributed by atoms with Crippen LogP contribution < -0.4 is 0 Å². The molecule has 0 bridgehead atoms. The smallest absolute Gasteiger partial charge is 0.163 e. The third-order valence-corrected chi connectivity index (χ3v) is 4.93. The Morgan fingerprint density at radius 2 is 1.66 bits per heavy atom. The number of ether oxygens (including phenoxy) is 5. The van der Waals surface area contributed by atoms with E-state index < -0.39 is 17.7 Å². The molecule has 7 nitrogen and oxygen atoms in total. The van der Waals surface area contributed by atoms with Gasteiger partial charge in [-0.15, -0.1) is 0 Å². The normalized spacial score (nSPS) is 26.8. The van der Waals surface area contributed by atoms with E-state index in [4.69, 9.17) is 23.7 Å². The number of aliphatic hydroxyl groups excluding tert-OH is 1. The van der Waals surface area contributed by atoms with E-state index in [0.717, 1.165) is 6.54 Å². The molecule has 1 N–H and O–H groups in total. The van der Waals surface area contributed by atoms with Crippen molar-refractivity contribution >= 4 is 0 Å². The maximum Gasteiger partial charge on any atom is 0.163 e. The van der Waals surface area contributed by atoms with Gasteiger partial charge in [0.05, 0.1) is 38.6 Å². The van der Waals surface area contributed by atoms with Crippen LogP contribution in [0.1, 0.15) is 33.3 Å². The van der Waals surface area contributed by atoms with Crippen molar-refractivity contribution in [1.82, 2.24) is 4.90 Å². The van der Waals surface area contributed by atoms with E-state index in [1.54, 1.807) is 0 Å². The SMILES string of the molecule is CC1(C)OC[C@H](CN(Cc2ccccc2)CC(O)COC[C@H]2COC(C)(C)O2)O1. The van der Waals surface area contributed by atoms with Crippen LogP contribution in [0.3, 0.4) is 0 Å². The largest absolute Gasteiger partial charge is 0.389 e. The summed E-state index contributed by atoms with van der Waals surface area (Å²) in [6.07, 6.45) is -0.721. The molecule has 0 saturated carbocycles. The van der Waals surface area contributed by atoms with E-state index in [2.05, 4.69) is 17.0 Å². The summed E-state index contributed by atoms with van der Waals surface area (Å²) in [5, 5.41) is 10.5. The lowest BCUT2D eigenvalue weighted by molar-refractivity contribution is -0.146. The van der Waals surface area contributed by atoms with Crippen LogP contribution in [0.5, 0.6) is 0 Å². The molecule has 2 heterocycles. The second-order valence-electron chi connectivity index (χ2n) is 8.77. The topological polar surface area (TPSA) is 69.6 Å². The first kappa shape index (κ1) is 22.6. The Morgan fingerprint density at radius 1 is 1.03 bits per heavy atom. The predicted molar refractivity (Wildman–Crippen MR) is 108 cm³/mol. The Balaban J connectivity index is 1.47. The number of aliphatic hydroxyl groups is 1. The van der Waals surface area contributed by atoms with Crippen molar-refractivity contribution in [2.24, 2.45) is 0 Å². The van der Waals surface area contributed by atoms with Gasteiger partial charge in [-0.25, -0.2) is 0 Å². The second-order valence-corrected chi connectivity index (χ2v) is 8.77. The van der Waals surface area contributed by atoms with Gasteiger partial charge in [0.1, 0.15) is 6.10 Å². The van der Waals surface area contributed by atoms with Crippen LogP contribution in [0, 0.1) is 0 Å². The molecule has 2 saturated heterocycles. The van der Waals surface area contributed by atoms with Crippen molar-refractivity contribution in [1.29, 1.82) is 0 Å². The van der Waals surface area contributed by atoms with Crippen molar-refractivity contribution in [2.45, 2.75) is 64.1 Å². The third kappa shape index (κ3) is 7.61. The summed E-state index contributed by atoms with van der Waals surface area (Å²) in [6.45, 7) is 11.3. The Bertz CT molecular complexity index is 623. The molecule has 0 radical (unpaired) electrons. The minimum Gasteiger partial charge on any atom is -0.389 e. The van der Waals surface area contributed by atoms with Crippen molar-refractivity contribution in [3.63, 3.8) is 0 Å². The van der Waals surface area contributed by atoms with E-state index in [1.807, 2.05) is 45.9 Å². The van der Waals surface area contributed by atoms with E-state index >= 15 is 0 Å². The highest BCUT2D eigenvalue weighted by atomic mass is 16.8. The standard InChI is InChI=1S/C22H35NO6/c1-21(2)26-15-19(28-21)12-23(10-17-8-6-5-7-9-17)11-18(24)13-25-14-20-16-27-22(3,4)29-20/h5-9,18-20,24H,10-16H2,1-4H3/t18?,19-,20-/m0/s1. The van der Waals surface area contributed by atoms with Crippen LogP contribution in [-0.2, 0) is 30.2 Å². The lowest BCUT2D eigenvalue weighted by Gasteiger charge is -2.28. The van der Waals surface area contributed by atoms with Gasteiger partial charge in [0.2, 0.25) is 0 Å². The quantitative estimate of drug-likeness (QED) is 0.635. The van der Waals surface area contributed by atoms with Crippen LogP contribution >= 0.6 is 0 Å². The van der Waals surface area contributed by atoms with Crippen LogP contribution in [0.2, 0.25) is 0 Å². The zero-order valence-corrected chi connectivity index (χ0v) is 18.0. The maximum absolute atomic E-state index is 10.5. The molecular weight excluding hydrogens is 374 g/mol. The summed E-state index contributed by atoms with van der Waals surface area (Å²) in [7, 11) is 0. The molecule has 164 valence electrons. The number of hydrogen-bond acceptors (Lipinski definition) is 7. The Morgan fingerprint density at radius 3 is 2.24 bits per heavy atom. The highest BCUT2D eigenvalue weighted by Crippen LogP contribution is 2.24. The highest BCUT2D eigenvalue weighted by Gasteiger charge is 2.34. The van der Waals surface area contributed by atoms with Gasteiger partial charge in [0.15, 0.2) is 11.6 Å². The van der Waals surface area contributed by atoms with Gasteiger partial charge in [-0.1, -0.05) is 30.3 Å². The summed E-state index contributed by atoms with van der Waals surface area (Å²) >= 11 is 0. The first-order chi connectivity index (χ1) is 13.7. The van der Waals surface area contributed by atoms with Crippen molar-refractivity contribution in [3.8, 4) is 0 Å². The molecule has 2 fully saturated rings. The van der Waals surface area contributed by atoms with Crippen molar-refractivity contribution in [2.75, 3.05) is 39.5 Å². The summed E-state index contributed by atoms with van der Waals surface area (Å²) in [6, 6.07) is 10.2. The summed E-state index contributed by atoms with van der Waals surface area (Å²) in [5.74, 6) is -1.11. The fraction of sp³-hybridized carbons (Fsp3) is 0.727. The zero-order chi connectivity index (χ0) is 20.9. The lowest BCUT2D eigenvalue weighted by atomic mass is 10.2. The minimum atomic E-state index is -0.607. The minimum absolute atomic E-state index is 0.0203. The van der Waals surface area contributed by atoms with Crippen molar-refractivity contribution in [3.05, 3.63) is 35.9 Å². The molecule has 2 aliphatic heterocycles. The number of nitrogens with zero attached hydrogens (tertiary/aromatic N) is 1. The number of hydrogen-bond donors (Lipinski definition) is 1. The summed E-state index contributed by atoms with van der Waals surface area (Å²) < 4.78 is 28.6. The molecular formula is C22H35NO6. The average molecular weight is 410 g/mol. The van der Waals surface area contributed by atoms with Gasteiger partial charge in [0.25, 0.3) is 0 Å². The number of benzene rings is 1. The van der Waals surface area contributed by atoms with Crippen molar-refractivity contribution < 1.29 is 28.8 Å². The predicted octanol–water partition coefficient (Wildman–Crippen LogP) is 2.17. The third-order valence-electron chi connectivity index (χ3n) is 4.93. The summed E-state index contributed by atoms with van der Waals surface area (Å²) in [5.41, 5.74) is 1.19. The van der Waals surface area contributed by atoms with Gasteiger partial charge in [-0.05, 0) is 33.3 Å². The van der Waals surface area contributed by atoms with Gasteiger partial charge in [-0.3, -0.25) is 4.90 Å². The van der Waals surface area contributed by atoms with E-state index in [1.165, 1.54) is 5.56 Å². The fourth-order valence-electron chi connectivity index (χ4n) is 3.72. The Hall–Kier alpha value is -1.06. The second kappa shape index (κ2) is 9.83. The Labute approximate surface area is 173 Å². The molecule has 1 aromatic carbocycles. The average Bonchev–Trinajstić information content (AvgIpc) is 3.16. The maximum atomic E-state index is 10.5. The van der Waals surface area contributed by atoms with Crippen LogP contribution in [0.15, 0.2) is 30.3 Å². The molecule has 0 aliphatic carbocycles. The molecule has 0 amide bonds. The molecule has 3 rings (SSSR count). The van der Waals surface area contributed by atoms with Gasteiger partial charge >= 0.3 is 0 Å². The van der Waals surface area contributed by atoms with Gasteiger partial charge in [0, 0.05) is 19.6 Å². The molecule has 29 heavy (non-hydrogen) atoms. The molecule has 7 heteroatoms. The lowest BCUT2D eigenvalue weighted by Crippen LogP contribution is -2.40. The zero-order valence-electron chi connectivity index (χ0n) is 18.0. The van der Waals surface area contributed by atoms with Crippen LogP contribution in [0.4, 0.5) is 0 Å². The molecule has 1 aromatic rings. The van der Waals surface area contributed by atoms with Crippen LogP contribution in [-0.4, -0.2) is 79.4 Å². The molecule has 3 atom stereocenters. The molecule has 0 spiro atoms. The summed E-state index contributed by atoms with van der Waals surface area (Å²) in [4.78, 5) is 2.19. The van der Waals surface area contributed by atoms with E-state index in [-0.39, 0.29) is 18.8 Å².